The Labute approximate surface area is 55.0 Å². The largest absolute Gasteiger partial charge is 0.428 e. The van der Waals surface area contributed by atoms with E-state index in [0.29, 0.717) is 0 Å². The molecule has 50 valence electrons. The van der Waals surface area contributed by atoms with Crippen molar-refractivity contribution in [1.29, 1.82) is 0 Å². The summed E-state index contributed by atoms with van der Waals surface area (Å²) in [6, 6.07) is 0. The summed E-state index contributed by atoms with van der Waals surface area (Å²) in [5, 5.41) is 0. The molecule has 1 nitrogen and oxygen atoms in total. The SMILES string of the molecule is CCCC(C)CO[SiH3]. The van der Waals surface area contributed by atoms with Gasteiger partial charge in [0.05, 0.1) is 0 Å². The van der Waals surface area contributed by atoms with Crippen LogP contribution in [-0.2, 0) is 4.43 Å². The second-order valence-corrected chi connectivity index (χ2v) is 2.93. The third kappa shape index (κ3) is 4.34. The Bertz CT molecular complexity index is 41.8. The average molecular weight is 132 g/mol. The average Bonchev–Trinajstić information content (AvgIpc) is 1.68. The first-order valence-electron chi connectivity index (χ1n) is 3.30. The third-order valence-electron chi connectivity index (χ3n) is 1.23. The quantitative estimate of drug-likeness (QED) is 0.512. The number of hydrogen-bond donors (Lipinski definition) is 0. The van der Waals surface area contributed by atoms with Crippen LogP contribution in [0.3, 0.4) is 0 Å². The van der Waals surface area contributed by atoms with E-state index in [2.05, 4.69) is 13.8 Å². The maximum atomic E-state index is 5.10. The Morgan fingerprint density at radius 1 is 1.62 bits per heavy atom. The van der Waals surface area contributed by atoms with Crippen LogP contribution in [0.4, 0.5) is 0 Å². The first-order valence-corrected chi connectivity index (χ1v) is 4.11. The lowest BCUT2D eigenvalue weighted by molar-refractivity contribution is 0.272. The smallest absolute Gasteiger partial charge is 0.145 e. The Morgan fingerprint density at radius 2 is 2.25 bits per heavy atom. The summed E-state index contributed by atoms with van der Waals surface area (Å²) >= 11 is 0. The molecule has 0 aliphatic carbocycles. The van der Waals surface area contributed by atoms with Gasteiger partial charge in [-0.2, -0.15) is 0 Å². The Morgan fingerprint density at radius 3 is 2.62 bits per heavy atom. The molecule has 2 heteroatoms. The fourth-order valence-corrected chi connectivity index (χ4v) is 1.43. The lowest BCUT2D eigenvalue weighted by Gasteiger charge is -2.06. The predicted octanol–water partition coefficient (Wildman–Crippen LogP) is 0.720. The third-order valence-corrected chi connectivity index (χ3v) is 1.57. The monoisotopic (exact) mass is 132 g/mol. The number of hydrogen-bond acceptors (Lipinski definition) is 1. The molecule has 1 atom stereocenters. The van der Waals surface area contributed by atoms with Crippen LogP contribution in [0.2, 0.25) is 0 Å². The van der Waals surface area contributed by atoms with Crippen molar-refractivity contribution >= 4 is 10.5 Å². The molecule has 0 bridgehead atoms. The standard InChI is InChI=1S/C6H16OSi/c1-3-4-6(2)5-7-8/h6H,3-5H2,1-2,8H3. The highest BCUT2D eigenvalue weighted by molar-refractivity contribution is 5.97. The van der Waals surface area contributed by atoms with E-state index in [1.54, 1.807) is 0 Å². The van der Waals surface area contributed by atoms with Gasteiger partial charge in [0.25, 0.3) is 0 Å². The van der Waals surface area contributed by atoms with Gasteiger partial charge in [-0.15, -0.1) is 0 Å². The van der Waals surface area contributed by atoms with Gasteiger partial charge in [-0.05, 0) is 12.3 Å². The van der Waals surface area contributed by atoms with Crippen molar-refractivity contribution in [3.05, 3.63) is 0 Å². The lowest BCUT2D eigenvalue weighted by Crippen LogP contribution is -2.02. The van der Waals surface area contributed by atoms with Gasteiger partial charge in [0, 0.05) is 6.61 Å². The molecule has 0 aromatic heterocycles. The second-order valence-electron chi connectivity index (χ2n) is 2.35. The molecule has 0 heterocycles. The van der Waals surface area contributed by atoms with Gasteiger partial charge >= 0.3 is 0 Å². The van der Waals surface area contributed by atoms with E-state index >= 15 is 0 Å². The van der Waals surface area contributed by atoms with E-state index in [1.807, 2.05) is 0 Å². The summed E-state index contributed by atoms with van der Waals surface area (Å²) in [5.41, 5.74) is 0. The van der Waals surface area contributed by atoms with E-state index in [1.165, 1.54) is 12.8 Å². The Kier molecular flexibility index (Phi) is 5.43. The zero-order chi connectivity index (χ0) is 6.41. The van der Waals surface area contributed by atoms with Crippen molar-refractivity contribution < 1.29 is 4.43 Å². The summed E-state index contributed by atoms with van der Waals surface area (Å²) < 4.78 is 5.10. The van der Waals surface area contributed by atoms with Gasteiger partial charge in [-0.1, -0.05) is 20.3 Å². The number of rotatable bonds is 4. The molecular formula is C6H16OSi. The molecule has 0 N–H and O–H groups in total. The van der Waals surface area contributed by atoms with Crippen LogP contribution < -0.4 is 0 Å². The van der Waals surface area contributed by atoms with Crippen molar-refractivity contribution in [2.75, 3.05) is 6.61 Å². The topological polar surface area (TPSA) is 9.23 Å². The van der Waals surface area contributed by atoms with Crippen LogP contribution in [0.5, 0.6) is 0 Å². The highest BCUT2D eigenvalue weighted by Crippen LogP contribution is 2.03. The van der Waals surface area contributed by atoms with Crippen LogP contribution in [0, 0.1) is 5.92 Å². The maximum absolute atomic E-state index is 5.10. The van der Waals surface area contributed by atoms with Gasteiger partial charge in [-0.25, -0.2) is 0 Å². The van der Waals surface area contributed by atoms with Crippen molar-refractivity contribution in [3.8, 4) is 0 Å². The van der Waals surface area contributed by atoms with Crippen LogP contribution >= 0.6 is 0 Å². The molecule has 0 rings (SSSR count). The van der Waals surface area contributed by atoms with E-state index in [9.17, 15) is 0 Å². The van der Waals surface area contributed by atoms with E-state index in [-0.39, 0.29) is 0 Å². The zero-order valence-corrected chi connectivity index (χ0v) is 8.11. The predicted molar refractivity (Wildman–Crippen MR) is 40.0 cm³/mol. The molecule has 0 amide bonds. The van der Waals surface area contributed by atoms with Gasteiger partial charge in [0.2, 0.25) is 0 Å². The molecule has 0 aromatic rings. The minimum atomic E-state index is 0.775. The van der Waals surface area contributed by atoms with Gasteiger partial charge in [-0.3, -0.25) is 0 Å². The van der Waals surface area contributed by atoms with Crippen LogP contribution in [-0.4, -0.2) is 17.1 Å². The van der Waals surface area contributed by atoms with Gasteiger partial charge < -0.3 is 4.43 Å². The van der Waals surface area contributed by atoms with E-state index in [4.69, 9.17) is 4.43 Å². The zero-order valence-electron chi connectivity index (χ0n) is 6.11. The summed E-state index contributed by atoms with van der Waals surface area (Å²) in [7, 11) is 0.894. The van der Waals surface area contributed by atoms with Gasteiger partial charge in [0.15, 0.2) is 0 Å². The molecule has 0 aliphatic rings. The van der Waals surface area contributed by atoms with E-state index < -0.39 is 0 Å². The summed E-state index contributed by atoms with van der Waals surface area (Å²) in [6.07, 6.45) is 2.59. The fourth-order valence-electron chi connectivity index (χ4n) is 0.861. The molecule has 0 fully saturated rings. The van der Waals surface area contributed by atoms with Crippen molar-refractivity contribution in [1.82, 2.24) is 0 Å². The Balaban J connectivity index is 2.92. The van der Waals surface area contributed by atoms with Crippen molar-refractivity contribution in [2.24, 2.45) is 5.92 Å². The highest BCUT2D eigenvalue weighted by atomic mass is 28.2. The Hall–Kier alpha value is 0.177. The van der Waals surface area contributed by atoms with Crippen LogP contribution in [0.25, 0.3) is 0 Å². The maximum Gasteiger partial charge on any atom is 0.145 e. The van der Waals surface area contributed by atoms with Crippen molar-refractivity contribution in [3.63, 3.8) is 0 Å². The molecular weight excluding hydrogens is 116 g/mol. The molecule has 8 heavy (non-hydrogen) atoms. The van der Waals surface area contributed by atoms with E-state index in [0.717, 1.165) is 23.0 Å². The molecule has 0 aliphatic heterocycles. The molecule has 1 unspecified atom stereocenters. The molecule has 0 spiro atoms. The first-order chi connectivity index (χ1) is 3.81. The fraction of sp³-hybridized carbons (Fsp3) is 1.00. The van der Waals surface area contributed by atoms with Crippen LogP contribution in [0.1, 0.15) is 26.7 Å². The lowest BCUT2D eigenvalue weighted by atomic mass is 10.1. The molecule has 0 saturated carbocycles. The molecule has 0 radical (unpaired) electrons. The van der Waals surface area contributed by atoms with Gasteiger partial charge in [0.1, 0.15) is 10.5 Å². The molecule has 0 saturated heterocycles. The minimum absolute atomic E-state index is 0.775. The van der Waals surface area contributed by atoms with Crippen LogP contribution in [0.15, 0.2) is 0 Å². The first kappa shape index (κ1) is 8.18. The van der Waals surface area contributed by atoms with Crippen molar-refractivity contribution in [2.45, 2.75) is 26.7 Å². The minimum Gasteiger partial charge on any atom is -0.428 e. The summed E-state index contributed by atoms with van der Waals surface area (Å²) in [6.45, 7) is 5.42. The highest BCUT2D eigenvalue weighted by Gasteiger charge is 1.96. The normalized spacial score (nSPS) is 14.2. The second kappa shape index (κ2) is 5.32. The summed E-state index contributed by atoms with van der Waals surface area (Å²) in [5.74, 6) is 0.775. The molecule has 0 aromatic carbocycles. The summed E-state index contributed by atoms with van der Waals surface area (Å²) in [4.78, 5) is 0.